The summed E-state index contributed by atoms with van der Waals surface area (Å²) in [5.41, 5.74) is 0. The van der Waals surface area contributed by atoms with E-state index in [4.69, 9.17) is 0 Å². The van der Waals surface area contributed by atoms with E-state index in [9.17, 15) is 0 Å². The molecular formula is C6H15N. The first-order valence-corrected chi connectivity index (χ1v) is 3.02. The molecule has 0 aromatic rings. The summed E-state index contributed by atoms with van der Waals surface area (Å²) in [6.45, 7) is 5.75. The Hall–Kier alpha value is -0.0400. The van der Waals surface area contributed by atoms with E-state index in [0.717, 1.165) is 12.0 Å². The summed E-state index contributed by atoms with van der Waals surface area (Å²) >= 11 is 0. The second-order valence-corrected chi connectivity index (χ2v) is 2.65. The number of hydrogen-bond acceptors (Lipinski definition) is 1. The highest BCUT2D eigenvalue weighted by atomic mass is 14.9. The third-order valence-electron chi connectivity index (χ3n) is 1.57. The predicted molar refractivity (Wildman–Crippen MR) is 33.4 cm³/mol. The van der Waals surface area contributed by atoms with Gasteiger partial charge in [0.2, 0.25) is 0 Å². The fraction of sp³-hybridized carbons (Fsp3) is 1.00. The van der Waals surface area contributed by atoms with Crippen LogP contribution in [0.3, 0.4) is 0 Å². The number of nitrogens with one attached hydrogen (secondary N) is 1. The van der Waals surface area contributed by atoms with Gasteiger partial charge in [-0.15, -0.1) is 0 Å². The minimum absolute atomic E-state index is 0. The van der Waals surface area contributed by atoms with Crippen LogP contribution in [0.2, 0.25) is 0 Å². The summed E-state index contributed by atoms with van der Waals surface area (Å²) in [6.07, 6.45) is 1.36. The molecule has 1 nitrogen and oxygen atoms in total. The van der Waals surface area contributed by atoms with E-state index in [2.05, 4.69) is 19.2 Å². The van der Waals surface area contributed by atoms with Crippen molar-refractivity contribution in [1.82, 2.24) is 5.32 Å². The molecule has 0 spiro atoms. The molecule has 44 valence electrons. The molecule has 1 fully saturated rings. The Balaban J connectivity index is 0.000000490. The van der Waals surface area contributed by atoms with E-state index in [-0.39, 0.29) is 1.43 Å². The Kier molecular flexibility index (Phi) is 1.33. The third-order valence-corrected chi connectivity index (χ3v) is 1.57. The van der Waals surface area contributed by atoms with Crippen molar-refractivity contribution in [1.29, 1.82) is 0 Å². The van der Waals surface area contributed by atoms with Crippen LogP contribution < -0.4 is 5.32 Å². The van der Waals surface area contributed by atoms with Crippen molar-refractivity contribution in [3.63, 3.8) is 0 Å². The molecule has 0 radical (unpaired) electrons. The van der Waals surface area contributed by atoms with Crippen molar-refractivity contribution < 1.29 is 1.43 Å². The van der Waals surface area contributed by atoms with Crippen LogP contribution in [0.4, 0.5) is 0 Å². The molecule has 1 saturated heterocycles. The molecule has 0 bridgehead atoms. The van der Waals surface area contributed by atoms with E-state index in [1.807, 2.05) is 0 Å². The standard InChI is InChI=1S/C6H13N.H2/c1-5-3-6(2)7-4-5;/h5-7H,3-4H2,1-2H3;1H/t5-,6+;/m1./s1. The molecule has 1 heteroatoms. The lowest BCUT2D eigenvalue weighted by Gasteiger charge is -1.96. The molecule has 1 aliphatic rings. The molecule has 0 aromatic heterocycles. The molecule has 1 N–H and O–H groups in total. The summed E-state index contributed by atoms with van der Waals surface area (Å²) in [7, 11) is 0. The van der Waals surface area contributed by atoms with Gasteiger partial charge < -0.3 is 5.32 Å². The van der Waals surface area contributed by atoms with E-state index in [1.165, 1.54) is 13.0 Å². The second kappa shape index (κ2) is 1.83. The highest BCUT2D eigenvalue weighted by Crippen LogP contribution is 2.10. The van der Waals surface area contributed by atoms with Crippen molar-refractivity contribution in [3.05, 3.63) is 0 Å². The normalized spacial score (nSPS) is 42.0. The van der Waals surface area contributed by atoms with Gasteiger partial charge in [0.15, 0.2) is 0 Å². The maximum absolute atomic E-state index is 3.37. The Morgan fingerprint density at radius 2 is 2.29 bits per heavy atom. The van der Waals surface area contributed by atoms with Gasteiger partial charge in [-0.25, -0.2) is 0 Å². The molecule has 0 unspecified atom stereocenters. The zero-order valence-electron chi connectivity index (χ0n) is 5.07. The lowest BCUT2D eigenvalue weighted by atomic mass is 10.1. The zero-order valence-corrected chi connectivity index (χ0v) is 5.07. The van der Waals surface area contributed by atoms with Crippen LogP contribution in [0.25, 0.3) is 0 Å². The smallest absolute Gasteiger partial charge is 0.00418 e. The second-order valence-electron chi connectivity index (χ2n) is 2.65. The summed E-state index contributed by atoms with van der Waals surface area (Å²) in [5, 5.41) is 3.37. The summed E-state index contributed by atoms with van der Waals surface area (Å²) in [5.74, 6) is 0.912. The topological polar surface area (TPSA) is 12.0 Å². The van der Waals surface area contributed by atoms with Crippen molar-refractivity contribution in [2.75, 3.05) is 6.54 Å². The van der Waals surface area contributed by atoms with Gasteiger partial charge in [-0.2, -0.15) is 0 Å². The van der Waals surface area contributed by atoms with E-state index in [1.54, 1.807) is 0 Å². The Morgan fingerprint density at radius 1 is 1.57 bits per heavy atom. The first kappa shape index (κ1) is 5.10. The maximum Gasteiger partial charge on any atom is 0.00418 e. The first-order chi connectivity index (χ1) is 3.29. The van der Waals surface area contributed by atoms with Crippen molar-refractivity contribution in [2.45, 2.75) is 26.3 Å². The minimum atomic E-state index is 0. The van der Waals surface area contributed by atoms with Crippen LogP contribution in [0.5, 0.6) is 0 Å². The highest BCUT2D eigenvalue weighted by molar-refractivity contribution is 4.74. The van der Waals surface area contributed by atoms with Gasteiger partial charge in [-0.3, -0.25) is 0 Å². The fourth-order valence-corrected chi connectivity index (χ4v) is 1.17. The van der Waals surface area contributed by atoms with Gasteiger partial charge in [0.1, 0.15) is 0 Å². The average molecular weight is 101 g/mol. The molecule has 0 saturated carbocycles. The zero-order chi connectivity index (χ0) is 5.28. The van der Waals surface area contributed by atoms with Gasteiger partial charge >= 0.3 is 0 Å². The van der Waals surface area contributed by atoms with E-state index in [0.29, 0.717) is 0 Å². The summed E-state index contributed by atoms with van der Waals surface area (Å²) in [4.78, 5) is 0. The van der Waals surface area contributed by atoms with Crippen LogP contribution in [-0.2, 0) is 0 Å². The summed E-state index contributed by atoms with van der Waals surface area (Å²) < 4.78 is 0. The minimum Gasteiger partial charge on any atom is -0.314 e. The lowest BCUT2D eigenvalue weighted by molar-refractivity contribution is 0.622. The average Bonchev–Trinajstić information content (AvgIpc) is 1.87. The molecule has 0 aliphatic carbocycles. The lowest BCUT2D eigenvalue weighted by Crippen LogP contribution is -2.16. The van der Waals surface area contributed by atoms with Crippen molar-refractivity contribution in [3.8, 4) is 0 Å². The molecule has 1 heterocycles. The van der Waals surface area contributed by atoms with Crippen LogP contribution in [0.1, 0.15) is 21.7 Å². The largest absolute Gasteiger partial charge is 0.314 e. The SMILES string of the molecule is C[C@H]1CN[C@@H](C)C1.[HH]. The molecule has 1 aliphatic heterocycles. The molecule has 0 aromatic carbocycles. The van der Waals surface area contributed by atoms with Gasteiger partial charge in [-0.1, -0.05) is 6.92 Å². The molecular weight excluding hydrogens is 86.1 g/mol. The van der Waals surface area contributed by atoms with Crippen molar-refractivity contribution in [2.24, 2.45) is 5.92 Å². The highest BCUT2D eigenvalue weighted by Gasteiger charge is 2.14. The molecule has 1 rings (SSSR count). The molecule has 2 atom stereocenters. The first-order valence-electron chi connectivity index (χ1n) is 3.02. The van der Waals surface area contributed by atoms with Gasteiger partial charge in [0.05, 0.1) is 0 Å². The van der Waals surface area contributed by atoms with Crippen LogP contribution in [0, 0.1) is 5.92 Å². The molecule has 0 amide bonds. The predicted octanol–water partition coefficient (Wildman–Crippen LogP) is 1.25. The van der Waals surface area contributed by atoms with Crippen LogP contribution >= 0.6 is 0 Å². The molecule has 7 heavy (non-hydrogen) atoms. The maximum atomic E-state index is 3.37. The monoisotopic (exact) mass is 101 g/mol. The Morgan fingerprint density at radius 3 is 2.43 bits per heavy atom. The van der Waals surface area contributed by atoms with Gasteiger partial charge in [-0.05, 0) is 25.8 Å². The van der Waals surface area contributed by atoms with Gasteiger partial charge in [0.25, 0.3) is 0 Å². The van der Waals surface area contributed by atoms with E-state index < -0.39 is 0 Å². The Bertz CT molecular complexity index is 57.5. The quantitative estimate of drug-likeness (QED) is 0.484. The van der Waals surface area contributed by atoms with Crippen molar-refractivity contribution >= 4 is 0 Å². The van der Waals surface area contributed by atoms with Gasteiger partial charge in [0, 0.05) is 7.47 Å². The summed E-state index contributed by atoms with van der Waals surface area (Å²) in [6, 6.07) is 0.773. The number of hydrogen-bond donors (Lipinski definition) is 1. The third kappa shape index (κ3) is 1.16. The Labute approximate surface area is 46.6 Å². The fourth-order valence-electron chi connectivity index (χ4n) is 1.17. The van der Waals surface area contributed by atoms with Crippen LogP contribution in [-0.4, -0.2) is 12.6 Å². The van der Waals surface area contributed by atoms with Crippen LogP contribution in [0.15, 0.2) is 0 Å². The van der Waals surface area contributed by atoms with E-state index >= 15 is 0 Å². The number of rotatable bonds is 0.